The number of carbonyl (C=O) groups excluding carboxylic acids is 1. The zero-order valence-electron chi connectivity index (χ0n) is 15.9. The van der Waals surface area contributed by atoms with E-state index in [2.05, 4.69) is 15.5 Å². The summed E-state index contributed by atoms with van der Waals surface area (Å²) in [6, 6.07) is 9.56. The Hall–Kier alpha value is -2.63. The van der Waals surface area contributed by atoms with Crippen molar-refractivity contribution in [3.05, 3.63) is 42.7 Å². The zero-order chi connectivity index (χ0) is 20.9. The van der Waals surface area contributed by atoms with Crippen LogP contribution in [-0.4, -0.2) is 47.7 Å². The Bertz CT molecular complexity index is 1060. The first-order valence-corrected chi connectivity index (χ1v) is 11.3. The third kappa shape index (κ3) is 5.05. The van der Waals surface area contributed by atoms with E-state index in [0.29, 0.717) is 24.5 Å². The Kier molecular flexibility index (Phi) is 6.72. The molecule has 154 valence electrons. The Labute approximate surface area is 172 Å². The minimum atomic E-state index is -3.60. The molecule has 0 bridgehead atoms. The number of anilines is 1. The Morgan fingerprint density at radius 2 is 1.97 bits per heavy atom. The molecule has 2 aromatic heterocycles. The van der Waals surface area contributed by atoms with Crippen molar-refractivity contribution in [3.63, 3.8) is 0 Å². The lowest BCUT2D eigenvalue weighted by Gasteiger charge is -2.18. The summed E-state index contributed by atoms with van der Waals surface area (Å²) in [4.78, 5) is 12.4. The van der Waals surface area contributed by atoms with Gasteiger partial charge < -0.3 is 14.2 Å². The summed E-state index contributed by atoms with van der Waals surface area (Å²) < 4.78 is 37.2. The average molecular weight is 437 g/mol. The summed E-state index contributed by atoms with van der Waals surface area (Å²) in [5.41, 5.74) is 0.394. The summed E-state index contributed by atoms with van der Waals surface area (Å²) in [6.07, 6.45) is 1.49. The van der Waals surface area contributed by atoms with Crippen LogP contribution in [0.25, 0.3) is 11.7 Å². The van der Waals surface area contributed by atoms with Crippen LogP contribution in [0.4, 0.5) is 5.69 Å². The van der Waals surface area contributed by atoms with Gasteiger partial charge in [-0.05, 0) is 30.3 Å². The van der Waals surface area contributed by atoms with Crippen molar-refractivity contribution in [1.82, 2.24) is 14.5 Å². The molecule has 2 heterocycles. The molecule has 0 saturated heterocycles. The number of hydrogen-bond donors (Lipinski definition) is 1. The third-order valence-electron chi connectivity index (χ3n) is 3.93. The van der Waals surface area contributed by atoms with Gasteiger partial charge in [0.1, 0.15) is 0 Å². The highest BCUT2D eigenvalue weighted by Crippen LogP contribution is 2.24. The maximum atomic E-state index is 12.6. The molecule has 3 rings (SSSR count). The normalized spacial score (nSPS) is 11.7. The number of hydrogen-bond acceptors (Lipinski definition) is 8. The molecule has 0 atom stereocenters. The number of nitrogens with one attached hydrogen (secondary N) is 1. The number of sulfonamides is 1. The Morgan fingerprint density at radius 3 is 2.66 bits per heavy atom. The molecule has 0 aliphatic carbocycles. The van der Waals surface area contributed by atoms with Crippen LogP contribution in [0.5, 0.6) is 0 Å². The lowest BCUT2D eigenvalue weighted by atomic mass is 10.3. The number of furan rings is 1. The average Bonchev–Trinajstić information content (AvgIpc) is 3.39. The first-order valence-electron chi connectivity index (χ1n) is 8.84. The van der Waals surface area contributed by atoms with E-state index in [1.807, 2.05) is 0 Å². The van der Waals surface area contributed by atoms with Gasteiger partial charge in [-0.25, -0.2) is 8.42 Å². The van der Waals surface area contributed by atoms with Crippen molar-refractivity contribution >= 4 is 33.4 Å². The Morgan fingerprint density at radius 1 is 1.17 bits per heavy atom. The largest absolute Gasteiger partial charge is 0.459 e. The molecule has 0 spiro atoms. The minimum Gasteiger partial charge on any atom is -0.459 e. The van der Waals surface area contributed by atoms with Crippen molar-refractivity contribution in [3.8, 4) is 11.7 Å². The summed E-state index contributed by atoms with van der Waals surface area (Å²) in [5.74, 6) is 0.365. The number of carbonyl (C=O) groups is 1. The lowest BCUT2D eigenvalue weighted by Crippen LogP contribution is -2.30. The predicted molar refractivity (Wildman–Crippen MR) is 108 cm³/mol. The fraction of sp³-hybridized carbons (Fsp3) is 0.278. The van der Waals surface area contributed by atoms with E-state index in [1.54, 1.807) is 38.1 Å². The van der Waals surface area contributed by atoms with Crippen LogP contribution in [0.15, 0.2) is 61.6 Å². The van der Waals surface area contributed by atoms with Gasteiger partial charge in [-0.15, -0.1) is 10.2 Å². The molecule has 3 aromatic rings. The van der Waals surface area contributed by atoms with E-state index in [1.165, 1.54) is 22.7 Å². The maximum Gasteiger partial charge on any atom is 0.284 e. The maximum absolute atomic E-state index is 12.6. The number of aromatic nitrogens is 2. The molecule has 11 heteroatoms. The number of thioether (sulfide) groups is 1. The fourth-order valence-corrected chi connectivity index (χ4v) is 4.61. The second-order valence-electron chi connectivity index (χ2n) is 5.80. The standard InChI is InChI=1S/C18H20N4O5S2/c1-3-22(4-2)29(24,25)14-8-5-7-13(11-14)19-16(23)12-28-18-21-20-17(27-18)15-9-6-10-26-15/h5-11H,3-4,12H2,1-2H3,(H,19,23). The van der Waals surface area contributed by atoms with Crippen molar-refractivity contribution in [2.75, 3.05) is 24.2 Å². The van der Waals surface area contributed by atoms with Gasteiger partial charge >= 0.3 is 0 Å². The number of rotatable bonds is 9. The van der Waals surface area contributed by atoms with Gasteiger partial charge in [-0.1, -0.05) is 31.7 Å². The van der Waals surface area contributed by atoms with Crippen LogP contribution < -0.4 is 5.32 Å². The van der Waals surface area contributed by atoms with Gasteiger partial charge in [0.25, 0.3) is 11.1 Å². The summed E-state index contributed by atoms with van der Waals surface area (Å²) in [6.45, 7) is 4.30. The van der Waals surface area contributed by atoms with E-state index in [9.17, 15) is 13.2 Å². The van der Waals surface area contributed by atoms with Crippen molar-refractivity contribution in [1.29, 1.82) is 0 Å². The highest BCUT2D eigenvalue weighted by Gasteiger charge is 2.22. The van der Waals surface area contributed by atoms with Crippen LogP contribution >= 0.6 is 11.8 Å². The fourth-order valence-electron chi connectivity index (χ4n) is 2.54. The van der Waals surface area contributed by atoms with Crippen LogP contribution in [0.2, 0.25) is 0 Å². The van der Waals surface area contributed by atoms with Crippen LogP contribution in [-0.2, 0) is 14.8 Å². The quantitative estimate of drug-likeness (QED) is 0.508. The summed E-state index contributed by atoms with van der Waals surface area (Å²) in [5, 5.41) is 10.6. The monoisotopic (exact) mass is 436 g/mol. The van der Waals surface area contributed by atoms with E-state index >= 15 is 0 Å². The highest BCUT2D eigenvalue weighted by molar-refractivity contribution is 7.99. The molecule has 9 nitrogen and oxygen atoms in total. The molecular weight excluding hydrogens is 416 g/mol. The van der Waals surface area contributed by atoms with E-state index < -0.39 is 10.0 Å². The molecule has 0 fully saturated rings. The Balaban J connectivity index is 1.61. The molecule has 0 saturated carbocycles. The third-order valence-corrected chi connectivity index (χ3v) is 6.79. The van der Waals surface area contributed by atoms with Crippen LogP contribution in [0, 0.1) is 0 Å². The number of amides is 1. The van der Waals surface area contributed by atoms with E-state index in [0.717, 1.165) is 11.8 Å². The van der Waals surface area contributed by atoms with Crippen LogP contribution in [0.3, 0.4) is 0 Å². The summed E-state index contributed by atoms with van der Waals surface area (Å²) >= 11 is 1.07. The zero-order valence-corrected chi connectivity index (χ0v) is 17.5. The van der Waals surface area contributed by atoms with Gasteiger partial charge in [0.05, 0.1) is 16.9 Å². The molecular formula is C18H20N4O5S2. The van der Waals surface area contributed by atoms with E-state index in [4.69, 9.17) is 8.83 Å². The molecule has 0 radical (unpaired) electrons. The summed E-state index contributed by atoms with van der Waals surface area (Å²) in [7, 11) is -3.60. The van der Waals surface area contributed by atoms with Gasteiger partial charge in [0, 0.05) is 18.8 Å². The van der Waals surface area contributed by atoms with Crippen molar-refractivity contribution in [2.45, 2.75) is 24.0 Å². The molecule has 0 unspecified atom stereocenters. The number of benzene rings is 1. The highest BCUT2D eigenvalue weighted by atomic mass is 32.2. The SMILES string of the molecule is CCN(CC)S(=O)(=O)c1cccc(NC(=O)CSc2nnc(-c3ccco3)o2)c1. The molecule has 0 aliphatic rings. The van der Waals surface area contributed by atoms with Gasteiger partial charge in [0.2, 0.25) is 15.9 Å². The molecule has 29 heavy (non-hydrogen) atoms. The van der Waals surface area contributed by atoms with Crippen LogP contribution in [0.1, 0.15) is 13.8 Å². The van der Waals surface area contributed by atoms with Crippen molar-refractivity contribution < 1.29 is 22.0 Å². The lowest BCUT2D eigenvalue weighted by molar-refractivity contribution is -0.113. The van der Waals surface area contributed by atoms with E-state index in [-0.39, 0.29) is 27.7 Å². The van der Waals surface area contributed by atoms with Gasteiger partial charge in [0.15, 0.2) is 5.76 Å². The minimum absolute atomic E-state index is 0.0206. The van der Waals surface area contributed by atoms with Gasteiger partial charge in [-0.2, -0.15) is 4.31 Å². The predicted octanol–water partition coefficient (Wildman–Crippen LogP) is 3.09. The van der Waals surface area contributed by atoms with Crippen molar-refractivity contribution in [2.24, 2.45) is 0 Å². The first-order chi connectivity index (χ1) is 13.9. The topological polar surface area (TPSA) is 119 Å². The number of nitrogens with zero attached hydrogens (tertiary/aromatic N) is 3. The first kappa shape index (κ1) is 21.1. The van der Waals surface area contributed by atoms with Gasteiger partial charge in [-0.3, -0.25) is 4.79 Å². The molecule has 1 N–H and O–H groups in total. The molecule has 1 aromatic carbocycles. The second-order valence-corrected chi connectivity index (χ2v) is 8.67. The smallest absolute Gasteiger partial charge is 0.284 e. The second kappa shape index (κ2) is 9.25. The molecule has 1 amide bonds. The molecule has 0 aliphatic heterocycles.